The quantitative estimate of drug-likeness (QED) is 0.176. The van der Waals surface area contributed by atoms with Gasteiger partial charge >= 0.3 is 5.69 Å². The van der Waals surface area contributed by atoms with E-state index in [9.17, 15) is 9.18 Å². The lowest BCUT2D eigenvalue weighted by atomic mass is 9.97. The van der Waals surface area contributed by atoms with Gasteiger partial charge < -0.3 is 10.5 Å². The second-order valence-electron chi connectivity index (χ2n) is 11.8. The zero-order valence-corrected chi connectivity index (χ0v) is 25.6. The van der Waals surface area contributed by atoms with Crippen LogP contribution in [0.25, 0.3) is 38.9 Å². The molecule has 4 aromatic heterocycles. The van der Waals surface area contributed by atoms with Gasteiger partial charge in [0.1, 0.15) is 12.5 Å². The molecular formula is C31H33FN8O2Si. The van der Waals surface area contributed by atoms with Crippen LogP contribution in [-0.4, -0.2) is 48.6 Å². The number of nitrogen functional groups attached to an aromatic ring is 1. The minimum absolute atomic E-state index is 0.0157. The normalized spacial score (nSPS) is 12.0. The molecule has 0 atom stereocenters. The molecule has 2 aromatic carbocycles. The van der Waals surface area contributed by atoms with E-state index in [2.05, 4.69) is 29.7 Å². The van der Waals surface area contributed by atoms with Gasteiger partial charge in [-0.2, -0.15) is 5.10 Å². The highest BCUT2D eigenvalue weighted by Crippen LogP contribution is 2.36. The first-order chi connectivity index (χ1) is 20.6. The first kappa shape index (κ1) is 28.4. The molecule has 0 bridgehead atoms. The van der Waals surface area contributed by atoms with E-state index in [0.717, 1.165) is 39.8 Å². The lowest BCUT2D eigenvalue weighted by Crippen LogP contribution is -2.24. The SMILES string of the molecule is Cc1cc(-c2c(-c3ccccc3)nc(N)n3c(=O)n(Cc4ccc(F)cn4)nc23)cc2cnn(COCC[Si](C)(C)C)c12. The first-order valence-corrected chi connectivity index (χ1v) is 17.8. The summed E-state index contributed by atoms with van der Waals surface area (Å²) in [6.07, 6.45) is 2.93. The highest BCUT2D eigenvalue weighted by Gasteiger charge is 2.23. The summed E-state index contributed by atoms with van der Waals surface area (Å²) in [5, 5.41) is 10.3. The number of benzene rings is 2. The molecule has 0 aliphatic rings. The monoisotopic (exact) mass is 596 g/mol. The topological polar surface area (TPSA) is 118 Å². The molecule has 0 saturated heterocycles. The van der Waals surface area contributed by atoms with Gasteiger partial charge in [0.2, 0.25) is 5.95 Å². The second kappa shape index (κ2) is 11.2. The van der Waals surface area contributed by atoms with E-state index < -0.39 is 19.6 Å². The van der Waals surface area contributed by atoms with Crippen molar-refractivity contribution in [1.29, 1.82) is 0 Å². The van der Waals surface area contributed by atoms with Crippen LogP contribution < -0.4 is 11.4 Å². The van der Waals surface area contributed by atoms with Crippen LogP contribution in [0.1, 0.15) is 11.3 Å². The maximum absolute atomic E-state index is 13.5. The Morgan fingerprint density at radius 3 is 2.51 bits per heavy atom. The summed E-state index contributed by atoms with van der Waals surface area (Å²) in [4.78, 5) is 22.3. The van der Waals surface area contributed by atoms with E-state index in [4.69, 9.17) is 20.6 Å². The Labute approximate surface area is 248 Å². The molecule has 6 aromatic rings. The van der Waals surface area contributed by atoms with Crippen LogP contribution in [0, 0.1) is 12.7 Å². The molecule has 10 nitrogen and oxygen atoms in total. The van der Waals surface area contributed by atoms with Gasteiger partial charge in [-0.3, -0.25) is 4.98 Å². The highest BCUT2D eigenvalue weighted by atomic mass is 28.3. The van der Waals surface area contributed by atoms with Crippen molar-refractivity contribution in [2.45, 2.75) is 45.9 Å². The molecule has 0 aliphatic carbocycles. The van der Waals surface area contributed by atoms with Crippen molar-refractivity contribution >= 4 is 30.6 Å². The third-order valence-electron chi connectivity index (χ3n) is 7.33. The lowest BCUT2D eigenvalue weighted by molar-refractivity contribution is 0.0816. The largest absolute Gasteiger partial charge is 0.369 e. The Morgan fingerprint density at radius 2 is 1.79 bits per heavy atom. The van der Waals surface area contributed by atoms with Crippen molar-refractivity contribution in [1.82, 2.24) is 33.9 Å². The van der Waals surface area contributed by atoms with E-state index in [-0.39, 0.29) is 12.5 Å². The molecule has 0 saturated carbocycles. The van der Waals surface area contributed by atoms with Crippen LogP contribution in [-0.2, 0) is 18.0 Å². The Balaban J connectivity index is 1.49. The lowest BCUT2D eigenvalue weighted by Gasteiger charge is -2.16. The Hall–Kier alpha value is -4.68. The Bertz CT molecular complexity index is 1990. The maximum atomic E-state index is 13.5. The van der Waals surface area contributed by atoms with E-state index in [1.54, 1.807) is 0 Å². The number of hydrogen-bond donors (Lipinski definition) is 1. The van der Waals surface area contributed by atoms with Gasteiger partial charge in [-0.25, -0.2) is 27.9 Å². The van der Waals surface area contributed by atoms with Crippen molar-refractivity contribution in [3.63, 3.8) is 0 Å². The number of pyridine rings is 1. The van der Waals surface area contributed by atoms with Crippen LogP contribution in [0.15, 0.2) is 71.8 Å². The standard InChI is InChI=1S/C31H33FN8O2Si/c1-20-14-22(15-23-16-35-39(28(20)23)19-42-12-13-43(2,3)4)26-27(21-8-6-5-7-9-21)36-30(33)40-29(26)37-38(31(40)41)18-25-11-10-24(32)17-34-25/h5-11,14-17H,12-13,18-19H2,1-4H3,(H2,33,36). The van der Waals surface area contributed by atoms with Gasteiger partial charge in [0.05, 0.1) is 41.4 Å². The van der Waals surface area contributed by atoms with Crippen molar-refractivity contribution in [2.75, 3.05) is 12.3 Å². The average molecular weight is 597 g/mol. The van der Waals surface area contributed by atoms with Gasteiger partial charge in [0.15, 0.2) is 5.65 Å². The molecule has 0 radical (unpaired) electrons. The van der Waals surface area contributed by atoms with Crippen LogP contribution in [0.3, 0.4) is 0 Å². The number of fused-ring (bicyclic) bond motifs is 2. The number of ether oxygens (including phenoxy) is 1. The molecule has 0 spiro atoms. The summed E-state index contributed by atoms with van der Waals surface area (Å²) in [6, 6.07) is 17.6. The van der Waals surface area contributed by atoms with Crippen molar-refractivity contribution in [3.8, 4) is 22.4 Å². The van der Waals surface area contributed by atoms with E-state index in [0.29, 0.717) is 35.9 Å². The Kier molecular flexibility index (Phi) is 7.40. The van der Waals surface area contributed by atoms with Gasteiger partial charge in [-0.15, -0.1) is 5.10 Å². The predicted octanol–water partition coefficient (Wildman–Crippen LogP) is 5.36. The van der Waals surface area contributed by atoms with Crippen LogP contribution >= 0.6 is 0 Å². The molecule has 43 heavy (non-hydrogen) atoms. The first-order valence-electron chi connectivity index (χ1n) is 14.1. The summed E-state index contributed by atoms with van der Waals surface area (Å²) in [7, 11) is -1.20. The highest BCUT2D eigenvalue weighted by molar-refractivity contribution is 6.76. The molecule has 0 amide bonds. The molecule has 2 N–H and O–H groups in total. The van der Waals surface area contributed by atoms with Gasteiger partial charge in [-0.1, -0.05) is 50.0 Å². The van der Waals surface area contributed by atoms with Gasteiger partial charge in [-0.05, 0) is 48.4 Å². The van der Waals surface area contributed by atoms with Crippen molar-refractivity contribution < 1.29 is 9.13 Å². The summed E-state index contributed by atoms with van der Waals surface area (Å²) in [5.41, 5.74) is 11.6. The number of aromatic nitrogens is 7. The summed E-state index contributed by atoms with van der Waals surface area (Å²) in [5.74, 6) is -0.441. The average Bonchev–Trinajstić information content (AvgIpc) is 3.53. The van der Waals surface area contributed by atoms with Crippen LogP contribution in [0.2, 0.25) is 25.7 Å². The maximum Gasteiger partial charge on any atom is 0.353 e. The molecule has 0 unspecified atom stereocenters. The van der Waals surface area contributed by atoms with Gasteiger partial charge in [0.25, 0.3) is 0 Å². The molecule has 220 valence electrons. The number of anilines is 1. The number of rotatable bonds is 9. The summed E-state index contributed by atoms with van der Waals surface area (Å²) < 4.78 is 23.9. The fourth-order valence-corrected chi connectivity index (χ4v) is 5.91. The third-order valence-corrected chi connectivity index (χ3v) is 9.03. The fraction of sp³-hybridized carbons (Fsp3) is 0.258. The number of nitrogens with zero attached hydrogens (tertiary/aromatic N) is 7. The minimum atomic E-state index is -1.20. The van der Waals surface area contributed by atoms with E-state index in [1.807, 2.05) is 60.3 Å². The Morgan fingerprint density at radius 1 is 1.00 bits per heavy atom. The molecular weight excluding hydrogens is 563 g/mol. The number of hydrogen-bond acceptors (Lipinski definition) is 7. The van der Waals surface area contributed by atoms with E-state index in [1.165, 1.54) is 21.2 Å². The van der Waals surface area contributed by atoms with Crippen LogP contribution in [0.5, 0.6) is 0 Å². The van der Waals surface area contributed by atoms with E-state index >= 15 is 0 Å². The molecule has 0 fully saturated rings. The number of halogens is 1. The van der Waals surface area contributed by atoms with Crippen molar-refractivity contribution in [3.05, 3.63) is 94.5 Å². The third kappa shape index (κ3) is 5.71. The zero-order valence-electron chi connectivity index (χ0n) is 24.6. The van der Waals surface area contributed by atoms with Crippen LogP contribution in [0.4, 0.5) is 10.3 Å². The van der Waals surface area contributed by atoms with Crippen molar-refractivity contribution in [2.24, 2.45) is 0 Å². The molecule has 4 heterocycles. The molecule has 6 rings (SSSR count). The smallest absolute Gasteiger partial charge is 0.353 e. The molecule has 12 heteroatoms. The zero-order chi connectivity index (χ0) is 30.3. The fourth-order valence-electron chi connectivity index (χ4n) is 5.15. The number of aryl methyl sites for hydroxylation is 1. The summed E-state index contributed by atoms with van der Waals surface area (Å²) in [6.45, 7) is 10.1. The van der Waals surface area contributed by atoms with Gasteiger partial charge in [0, 0.05) is 25.6 Å². The predicted molar refractivity (Wildman–Crippen MR) is 168 cm³/mol. The number of nitrogens with two attached hydrogens (primary N) is 1. The second-order valence-corrected chi connectivity index (χ2v) is 17.5. The minimum Gasteiger partial charge on any atom is -0.369 e. The summed E-state index contributed by atoms with van der Waals surface area (Å²) >= 11 is 0. The molecule has 0 aliphatic heterocycles.